The van der Waals surface area contributed by atoms with E-state index in [1.54, 1.807) is 0 Å². The zero-order valence-corrected chi connectivity index (χ0v) is 12.7. The van der Waals surface area contributed by atoms with Crippen LogP contribution in [0.1, 0.15) is 70.8 Å². The minimum atomic E-state index is -0.494. The quantitative estimate of drug-likeness (QED) is 0.580. The zero-order chi connectivity index (χ0) is 14.0. The maximum absolute atomic E-state index is 10.9. The Hall–Kier alpha value is -0.820. The van der Waals surface area contributed by atoms with Gasteiger partial charge in [0.25, 0.3) is 0 Å². The van der Waals surface area contributed by atoms with Crippen molar-refractivity contribution < 1.29 is 5.11 Å². The Bertz CT molecular complexity index is 308. The Morgan fingerprint density at radius 2 is 1.37 bits per heavy atom. The number of aliphatic hydroxyl groups is 1. The van der Waals surface area contributed by atoms with E-state index in [0.717, 1.165) is 32.1 Å². The van der Waals surface area contributed by atoms with Gasteiger partial charge < -0.3 is 5.11 Å². The van der Waals surface area contributed by atoms with Crippen LogP contribution < -0.4 is 0 Å². The molecule has 1 heteroatoms. The molecule has 0 aromatic heterocycles. The Labute approximate surface area is 119 Å². The van der Waals surface area contributed by atoms with Crippen LogP contribution in [0.25, 0.3) is 0 Å². The molecule has 0 aliphatic heterocycles. The van der Waals surface area contributed by atoms with Gasteiger partial charge >= 0.3 is 0 Å². The van der Waals surface area contributed by atoms with Crippen molar-refractivity contribution in [3.8, 4) is 0 Å². The maximum Gasteiger partial charge on any atom is 0.0688 e. The molecule has 0 spiro atoms. The van der Waals surface area contributed by atoms with Crippen molar-refractivity contribution in [2.24, 2.45) is 0 Å². The molecular weight excluding hydrogens is 232 g/mol. The van der Waals surface area contributed by atoms with E-state index in [-0.39, 0.29) is 0 Å². The van der Waals surface area contributed by atoms with E-state index < -0.39 is 5.60 Å². The van der Waals surface area contributed by atoms with Crippen molar-refractivity contribution in [1.82, 2.24) is 0 Å². The Morgan fingerprint density at radius 3 is 1.84 bits per heavy atom. The Morgan fingerprint density at radius 1 is 0.842 bits per heavy atom. The second-order valence-electron chi connectivity index (χ2n) is 5.80. The largest absolute Gasteiger partial charge is 0.390 e. The van der Waals surface area contributed by atoms with Crippen LogP contribution in [0.3, 0.4) is 0 Å². The summed E-state index contributed by atoms with van der Waals surface area (Å²) in [7, 11) is 0. The lowest BCUT2D eigenvalue weighted by atomic mass is 9.84. The molecule has 0 aliphatic carbocycles. The molecule has 1 rings (SSSR count). The highest BCUT2D eigenvalue weighted by Gasteiger charge is 2.25. The third kappa shape index (κ3) is 6.77. The smallest absolute Gasteiger partial charge is 0.0688 e. The summed E-state index contributed by atoms with van der Waals surface area (Å²) in [4.78, 5) is 0. The highest BCUT2D eigenvalue weighted by Crippen LogP contribution is 2.26. The van der Waals surface area contributed by atoms with E-state index in [9.17, 15) is 5.11 Å². The topological polar surface area (TPSA) is 20.2 Å². The number of unbranched alkanes of at least 4 members (excludes halogenated alkanes) is 4. The molecule has 0 radical (unpaired) electrons. The molecule has 0 saturated heterocycles. The van der Waals surface area contributed by atoms with Crippen LogP contribution in [0, 0.1) is 0 Å². The van der Waals surface area contributed by atoms with E-state index >= 15 is 0 Å². The van der Waals surface area contributed by atoms with Gasteiger partial charge in [-0.3, -0.25) is 0 Å². The fourth-order valence-electron chi connectivity index (χ4n) is 2.69. The first-order valence-electron chi connectivity index (χ1n) is 7.96. The molecule has 1 N–H and O–H groups in total. The lowest BCUT2D eigenvalue weighted by Crippen LogP contribution is -2.31. The third-order valence-electron chi connectivity index (χ3n) is 3.87. The van der Waals surface area contributed by atoms with Gasteiger partial charge in [0, 0.05) is 6.42 Å². The van der Waals surface area contributed by atoms with Gasteiger partial charge in [0.1, 0.15) is 0 Å². The number of benzene rings is 1. The van der Waals surface area contributed by atoms with Crippen molar-refractivity contribution in [3.63, 3.8) is 0 Å². The van der Waals surface area contributed by atoms with Gasteiger partial charge in [-0.25, -0.2) is 0 Å². The molecule has 19 heavy (non-hydrogen) atoms. The van der Waals surface area contributed by atoms with Gasteiger partial charge in [0.2, 0.25) is 0 Å². The maximum atomic E-state index is 10.9. The molecule has 0 saturated carbocycles. The average molecular weight is 262 g/mol. The Balaban J connectivity index is 2.56. The van der Waals surface area contributed by atoms with E-state index in [2.05, 4.69) is 38.1 Å². The van der Waals surface area contributed by atoms with Crippen molar-refractivity contribution in [2.75, 3.05) is 0 Å². The molecule has 0 aliphatic rings. The molecule has 0 bridgehead atoms. The van der Waals surface area contributed by atoms with Crippen molar-refractivity contribution in [1.29, 1.82) is 0 Å². The predicted molar refractivity (Wildman–Crippen MR) is 83.4 cm³/mol. The third-order valence-corrected chi connectivity index (χ3v) is 3.87. The summed E-state index contributed by atoms with van der Waals surface area (Å²) in [6.07, 6.45) is 9.88. The first-order chi connectivity index (χ1) is 9.20. The Kier molecular flexibility index (Phi) is 7.81. The number of hydrogen-bond acceptors (Lipinski definition) is 1. The van der Waals surface area contributed by atoms with E-state index in [1.165, 1.54) is 31.2 Å². The monoisotopic (exact) mass is 262 g/mol. The summed E-state index contributed by atoms with van der Waals surface area (Å²) < 4.78 is 0. The van der Waals surface area contributed by atoms with Crippen LogP contribution in [-0.2, 0) is 6.42 Å². The second-order valence-corrected chi connectivity index (χ2v) is 5.80. The zero-order valence-electron chi connectivity index (χ0n) is 12.7. The predicted octanol–water partition coefficient (Wildman–Crippen LogP) is 5.12. The van der Waals surface area contributed by atoms with Gasteiger partial charge in [-0.15, -0.1) is 0 Å². The fraction of sp³-hybridized carbons (Fsp3) is 0.667. The van der Waals surface area contributed by atoms with Gasteiger partial charge in [0.15, 0.2) is 0 Å². The molecule has 108 valence electrons. The summed E-state index contributed by atoms with van der Waals surface area (Å²) in [5, 5.41) is 10.9. The fourth-order valence-corrected chi connectivity index (χ4v) is 2.69. The molecular formula is C18H30O. The molecule has 1 aromatic carbocycles. The van der Waals surface area contributed by atoms with Gasteiger partial charge in [-0.1, -0.05) is 82.7 Å². The molecule has 0 heterocycles. The van der Waals surface area contributed by atoms with E-state index in [0.29, 0.717) is 0 Å². The number of rotatable bonds is 10. The minimum Gasteiger partial charge on any atom is -0.390 e. The summed E-state index contributed by atoms with van der Waals surface area (Å²) >= 11 is 0. The lowest BCUT2D eigenvalue weighted by molar-refractivity contribution is 0.0182. The first kappa shape index (κ1) is 16.2. The highest BCUT2D eigenvalue weighted by molar-refractivity contribution is 5.17. The van der Waals surface area contributed by atoms with Crippen LogP contribution in [-0.4, -0.2) is 10.7 Å². The van der Waals surface area contributed by atoms with Crippen LogP contribution in [0.2, 0.25) is 0 Å². The van der Waals surface area contributed by atoms with Crippen molar-refractivity contribution in [2.45, 2.75) is 77.2 Å². The number of hydrogen-bond donors (Lipinski definition) is 1. The normalized spacial score (nSPS) is 11.7. The molecule has 1 nitrogen and oxygen atoms in total. The molecule has 0 unspecified atom stereocenters. The van der Waals surface area contributed by atoms with Crippen LogP contribution in [0.5, 0.6) is 0 Å². The van der Waals surface area contributed by atoms with Crippen LogP contribution in [0.4, 0.5) is 0 Å². The molecule has 0 fully saturated rings. The summed E-state index contributed by atoms with van der Waals surface area (Å²) in [5.41, 5.74) is 0.768. The van der Waals surface area contributed by atoms with E-state index in [1.807, 2.05) is 6.07 Å². The van der Waals surface area contributed by atoms with Gasteiger partial charge in [-0.05, 0) is 18.4 Å². The van der Waals surface area contributed by atoms with Crippen molar-refractivity contribution >= 4 is 0 Å². The SMILES string of the molecule is CCCCCC(O)(CCCCC)Cc1ccccc1. The summed E-state index contributed by atoms with van der Waals surface area (Å²) in [6.45, 7) is 4.43. The molecule has 0 atom stereocenters. The molecule has 1 aromatic rings. The van der Waals surface area contributed by atoms with Crippen LogP contribution in [0.15, 0.2) is 30.3 Å². The first-order valence-corrected chi connectivity index (χ1v) is 7.96. The summed E-state index contributed by atoms with van der Waals surface area (Å²) in [5.74, 6) is 0. The van der Waals surface area contributed by atoms with Crippen LogP contribution >= 0.6 is 0 Å². The standard InChI is InChI=1S/C18H30O/c1-3-5-10-14-18(19,15-11-6-4-2)16-17-12-8-7-9-13-17/h7-9,12-13,19H,3-6,10-11,14-16H2,1-2H3. The van der Waals surface area contributed by atoms with Gasteiger partial charge in [0.05, 0.1) is 5.60 Å². The minimum absolute atomic E-state index is 0.494. The molecule has 0 amide bonds. The lowest BCUT2D eigenvalue weighted by Gasteiger charge is -2.28. The summed E-state index contributed by atoms with van der Waals surface area (Å²) in [6, 6.07) is 10.4. The van der Waals surface area contributed by atoms with Crippen molar-refractivity contribution in [3.05, 3.63) is 35.9 Å². The van der Waals surface area contributed by atoms with E-state index in [4.69, 9.17) is 0 Å². The second kappa shape index (κ2) is 9.14. The van der Waals surface area contributed by atoms with Gasteiger partial charge in [-0.2, -0.15) is 0 Å². The highest BCUT2D eigenvalue weighted by atomic mass is 16.3. The average Bonchev–Trinajstić information content (AvgIpc) is 2.40.